The van der Waals surface area contributed by atoms with Gasteiger partial charge in [0.1, 0.15) is 10.7 Å². The largest absolute Gasteiger partial charge is 0.383 e. The number of nitrogens with zero attached hydrogens (tertiary/aromatic N) is 3. The standard InChI is InChI=1S/C23H26N4O3S/c1-15-19(13-18-14-24-16(2)25-18)31-22-20(15)21(28)26(23(29)27(22)11-12-30-3)10-9-17-7-5-4-6-8-17/h4-8,14H,9-13H2,1-3H3,(H,24,25). The molecule has 1 N–H and O–H groups in total. The Balaban J connectivity index is 1.81. The summed E-state index contributed by atoms with van der Waals surface area (Å²) in [4.78, 5) is 35.9. The van der Waals surface area contributed by atoms with Crippen molar-refractivity contribution >= 4 is 21.6 Å². The second kappa shape index (κ2) is 9.03. The summed E-state index contributed by atoms with van der Waals surface area (Å²) in [6.07, 6.45) is 3.08. The lowest BCUT2D eigenvalue weighted by molar-refractivity contribution is 0.186. The maximum Gasteiger partial charge on any atom is 0.332 e. The fourth-order valence-electron chi connectivity index (χ4n) is 3.81. The zero-order chi connectivity index (χ0) is 22.0. The Labute approximate surface area is 184 Å². The highest BCUT2D eigenvalue weighted by Crippen LogP contribution is 2.29. The number of methoxy groups -OCH3 is 1. The minimum Gasteiger partial charge on any atom is -0.383 e. The summed E-state index contributed by atoms with van der Waals surface area (Å²) in [6, 6.07) is 9.90. The smallest absolute Gasteiger partial charge is 0.332 e. The molecule has 3 heterocycles. The first-order valence-electron chi connectivity index (χ1n) is 10.3. The van der Waals surface area contributed by atoms with Gasteiger partial charge in [-0.15, -0.1) is 11.3 Å². The summed E-state index contributed by atoms with van der Waals surface area (Å²) >= 11 is 1.50. The van der Waals surface area contributed by atoms with Crippen molar-refractivity contribution in [3.05, 3.63) is 84.9 Å². The molecule has 0 aliphatic heterocycles. The Morgan fingerprint density at radius 3 is 2.55 bits per heavy atom. The lowest BCUT2D eigenvalue weighted by atomic mass is 10.1. The third kappa shape index (κ3) is 4.26. The minimum atomic E-state index is -0.282. The number of aromatic nitrogens is 4. The summed E-state index contributed by atoms with van der Waals surface area (Å²) in [7, 11) is 1.61. The molecule has 7 nitrogen and oxygen atoms in total. The van der Waals surface area contributed by atoms with Gasteiger partial charge in [-0.05, 0) is 31.4 Å². The van der Waals surface area contributed by atoms with E-state index >= 15 is 0 Å². The van der Waals surface area contributed by atoms with E-state index in [2.05, 4.69) is 9.97 Å². The maximum atomic E-state index is 13.4. The van der Waals surface area contributed by atoms with Crippen molar-refractivity contribution in [2.75, 3.05) is 13.7 Å². The zero-order valence-corrected chi connectivity index (χ0v) is 18.8. The average Bonchev–Trinajstić information content (AvgIpc) is 3.32. The van der Waals surface area contributed by atoms with E-state index in [0.717, 1.165) is 27.5 Å². The van der Waals surface area contributed by atoms with E-state index in [4.69, 9.17) is 4.74 Å². The van der Waals surface area contributed by atoms with E-state index in [1.165, 1.54) is 15.9 Å². The molecular formula is C23H26N4O3S. The van der Waals surface area contributed by atoms with E-state index in [0.29, 0.717) is 42.8 Å². The van der Waals surface area contributed by atoms with E-state index in [-0.39, 0.29) is 11.2 Å². The van der Waals surface area contributed by atoms with Gasteiger partial charge in [-0.1, -0.05) is 30.3 Å². The minimum absolute atomic E-state index is 0.217. The van der Waals surface area contributed by atoms with Crippen molar-refractivity contribution in [1.82, 2.24) is 19.1 Å². The number of ether oxygens (including phenoxy) is 1. The molecule has 0 fully saturated rings. The number of imidazole rings is 1. The fraction of sp³-hybridized carbons (Fsp3) is 0.348. The lowest BCUT2D eigenvalue weighted by Gasteiger charge is -2.12. The normalized spacial score (nSPS) is 11.5. The molecule has 162 valence electrons. The van der Waals surface area contributed by atoms with Gasteiger partial charge in [0.05, 0.1) is 18.5 Å². The van der Waals surface area contributed by atoms with Crippen LogP contribution in [-0.4, -0.2) is 32.8 Å². The molecule has 0 radical (unpaired) electrons. The third-order valence-electron chi connectivity index (χ3n) is 5.49. The number of aromatic amines is 1. The van der Waals surface area contributed by atoms with Gasteiger partial charge >= 0.3 is 5.69 Å². The molecule has 8 heteroatoms. The second-order valence-electron chi connectivity index (χ2n) is 7.62. The first kappa shape index (κ1) is 21.3. The highest BCUT2D eigenvalue weighted by atomic mass is 32.1. The van der Waals surface area contributed by atoms with Gasteiger partial charge in [0, 0.05) is 36.8 Å². The van der Waals surface area contributed by atoms with Crippen LogP contribution >= 0.6 is 11.3 Å². The molecule has 1 aromatic carbocycles. The number of nitrogens with one attached hydrogen (secondary N) is 1. The summed E-state index contributed by atoms with van der Waals surface area (Å²) in [5.41, 5.74) is 2.51. The molecule has 0 aliphatic rings. The van der Waals surface area contributed by atoms with Gasteiger partial charge in [-0.25, -0.2) is 9.78 Å². The fourth-order valence-corrected chi connectivity index (χ4v) is 5.14. The molecule has 0 saturated carbocycles. The molecular weight excluding hydrogens is 412 g/mol. The molecule has 4 aromatic rings. The number of aryl methyl sites for hydroxylation is 3. The van der Waals surface area contributed by atoms with Crippen LogP contribution in [0.5, 0.6) is 0 Å². The number of fused-ring (bicyclic) bond motifs is 1. The van der Waals surface area contributed by atoms with Gasteiger partial charge in [-0.2, -0.15) is 0 Å². The van der Waals surface area contributed by atoms with E-state index in [9.17, 15) is 9.59 Å². The molecule has 31 heavy (non-hydrogen) atoms. The number of hydrogen-bond acceptors (Lipinski definition) is 5. The Kier molecular flexibility index (Phi) is 6.20. The molecule has 3 aromatic heterocycles. The monoisotopic (exact) mass is 438 g/mol. The predicted molar refractivity (Wildman–Crippen MR) is 123 cm³/mol. The average molecular weight is 439 g/mol. The van der Waals surface area contributed by atoms with Gasteiger partial charge in [0.2, 0.25) is 0 Å². The number of H-pyrrole nitrogens is 1. The molecule has 0 atom stereocenters. The van der Waals surface area contributed by atoms with Crippen molar-refractivity contribution < 1.29 is 4.74 Å². The molecule has 0 spiro atoms. The number of hydrogen-bond donors (Lipinski definition) is 1. The molecule has 0 bridgehead atoms. The van der Waals surface area contributed by atoms with Crippen LogP contribution in [0.1, 0.15) is 27.5 Å². The predicted octanol–water partition coefficient (Wildman–Crippen LogP) is 3.04. The van der Waals surface area contributed by atoms with Gasteiger partial charge in [-0.3, -0.25) is 13.9 Å². The van der Waals surface area contributed by atoms with E-state index < -0.39 is 0 Å². The van der Waals surface area contributed by atoms with Crippen molar-refractivity contribution in [3.63, 3.8) is 0 Å². The summed E-state index contributed by atoms with van der Waals surface area (Å²) < 4.78 is 8.28. The SMILES string of the molecule is COCCn1c(=O)n(CCc2ccccc2)c(=O)c2c(C)c(Cc3cnc(C)[nH]3)sc21. The molecule has 0 aliphatic carbocycles. The summed E-state index contributed by atoms with van der Waals surface area (Å²) in [5, 5.41) is 0.625. The number of rotatable bonds is 8. The molecule has 4 rings (SSSR count). The zero-order valence-electron chi connectivity index (χ0n) is 18.0. The van der Waals surface area contributed by atoms with Crippen LogP contribution in [0.3, 0.4) is 0 Å². The van der Waals surface area contributed by atoms with Crippen LogP contribution in [0, 0.1) is 13.8 Å². The van der Waals surface area contributed by atoms with Crippen molar-refractivity contribution in [1.29, 1.82) is 0 Å². The van der Waals surface area contributed by atoms with Gasteiger partial charge < -0.3 is 9.72 Å². The van der Waals surface area contributed by atoms with E-state index in [1.807, 2.05) is 50.4 Å². The van der Waals surface area contributed by atoms with Crippen LogP contribution in [0.4, 0.5) is 0 Å². The summed E-state index contributed by atoms with van der Waals surface area (Å²) in [6.45, 7) is 5.02. The van der Waals surface area contributed by atoms with Crippen LogP contribution in [0.2, 0.25) is 0 Å². The van der Waals surface area contributed by atoms with Gasteiger partial charge in [0.25, 0.3) is 5.56 Å². The summed E-state index contributed by atoms with van der Waals surface area (Å²) in [5.74, 6) is 0.856. The number of thiophene rings is 1. The second-order valence-corrected chi connectivity index (χ2v) is 8.70. The van der Waals surface area contributed by atoms with Crippen LogP contribution in [-0.2, 0) is 30.7 Å². The Bertz CT molecular complexity index is 1310. The highest BCUT2D eigenvalue weighted by molar-refractivity contribution is 7.18. The first-order valence-corrected chi connectivity index (χ1v) is 11.1. The maximum absolute atomic E-state index is 13.4. The Hall–Kier alpha value is -2.97. The Morgan fingerprint density at radius 2 is 1.87 bits per heavy atom. The first-order chi connectivity index (χ1) is 15.0. The van der Waals surface area contributed by atoms with E-state index in [1.54, 1.807) is 11.7 Å². The van der Waals surface area contributed by atoms with Crippen molar-refractivity contribution in [2.24, 2.45) is 0 Å². The van der Waals surface area contributed by atoms with Crippen molar-refractivity contribution in [2.45, 2.75) is 39.8 Å². The van der Waals surface area contributed by atoms with Crippen LogP contribution in [0.25, 0.3) is 10.2 Å². The van der Waals surface area contributed by atoms with Gasteiger partial charge in [0.15, 0.2) is 0 Å². The third-order valence-corrected chi connectivity index (χ3v) is 6.80. The van der Waals surface area contributed by atoms with Crippen molar-refractivity contribution in [3.8, 4) is 0 Å². The highest BCUT2D eigenvalue weighted by Gasteiger charge is 2.20. The number of benzene rings is 1. The molecule has 0 unspecified atom stereocenters. The molecule has 0 saturated heterocycles. The quantitative estimate of drug-likeness (QED) is 0.458. The lowest BCUT2D eigenvalue weighted by Crippen LogP contribution is -2.40. The molecule has 0 amide bonds. The van der Waals surface area contributed by atoms with Crippen LogP contribution < -0.4 is 11.2 Å². The van der Waals surface area contributed by atoms with Crippen LogP contribution in [0.15, 0.2) is 46.1 Å². The Morgan fingerprint density at radius 1 is 1.10 bits per heavy atom. The topological polar surface area (TPSA) is 81.9 Å².